The third-order valence-corrected chi connectivity index (χ3v) is 4.85. The van der Waals surface area contributed by atoms with Crippen molar-refractivity contribution in [2.75, 3.05) is 33.4 Å². The SMILES string of the molecule is COc1cccc(CN2CCN(Cc3ccc(C)o3)C[C@H]2CCO)c1. The Morgan fingerprint density at radius 1 is 1.20 bits per heavy atom. The third-order valence-electron chi connectivity index (χ3n) is 4.85. The third kappa shape index (κ3) is 4.84. The Balaban J connectivity index is 1.62. The van der Waals surface area contributed by atoms with Gasteiger partial charge in [0.25, 0.3) is 0 Å². The first-order valence-corrected chi connectivity index (χ1v) is 8.93. The van der Waals surface area contributed by atoms with Crippen LogP contribution in [0.15, 0.2) is 40.8 Å². The van der Waals surface area contributed by atoms with E-state index in [1.807, 2.05) is 25.1 Å². The van der Waals surface area contributed by atoms with Crippen molar-refractivity contribution in [1.82, 2.24) is 9.80 Å². The summed E-state index contributed by atoms with van der Waals surface area (Å²) in [5, 5.41) is 9.48. The van der Waals surface area contributed by atoms with Crippen LogP contribution in [0.5, 0.6) is 5.75 Å². The van der Waals surface area contributed by atoms with Gasteiger partial charge in [-0.1, -0.05) is 12.1 Å². The average molecular weight is 344 g/mol. The second-order valence-electron chi connectivity index (χ2n) is 6.74. The summed E-state index contributed by atoms with van der Waals surface area (Å²) >= 11 is 0. The molecule has 1 aromatic heterocycles. The number of aliphatic hydroxyl groups excluding tert-OH is 1. The number of nitrogens with zero attached hydrogens (tertiary/aromatic N) is 2. The molecule has 1 N–H and O–H groups in total. The highest BCUT2D eigenvalue weighted by Crippen LogP contribution is 2.21. The Morgan fingerprint density at radius 2 is 2.08 bits per heavy atom. The van der Waals surface area contributed by atoms with Crippen molar-refractivity contribution < 1.29 is 14.3 Å². The van der Waals surface area contributed by atoms with Crippen LogP contribution < -0.4 is 4.74 Å². The van der Waals surface area contributed by atoms with Gasteiger partial charge in [-0.2, -0.15) is 0 Å². The standard InChI is InChI=1S/C20H28N2O3/c1-16-6-7-20(25-16)15-21-9-10-22(18(14-21)8-11-23)13-17-4-3-5-19(12-17)24-2/h3-7,12,18,23H,8-11,13-15H2,1-2H3/t18-/m1/s1. The van der Waals surface area contributed by atoms with Gasteiger partial charge < -0.3 is 14.3 Å². The zero-order chi connectivity index (χ0) is 17.6. The summed E-state index contributed by atoms with van der Waals surface area (Å²) in [4.78, 5) is 4.88. The smallest absolute Gasteiger partial charge is 0.119 e. The first kappa shape index (κ1) is 18.0. The maximum absolute atomic E-state index is 9.48. The lowest BCUT2D eigenvalue weighted by Gasteiger charge is -2.41. The number of hydrogen-bond acceptors (Lipinski definition) is 5. The fourth-order valence-corrected chi connectivity index (χ4v) is 3.53. The van der Waals surface area contributed by atoms with Gasteiger partial charge in [-0.3, -0.25) is 9.80 Å². The molecule has 1 aliphatic heterocycles. The van der Waals surface area contributed by atoms with Crippen LogP contribution in [0.3, 0.4) is 0 Å². The van der Waals surface area contributed by atoms with Gasteiger partial charge in [0.1, 0.15) is 17.3 Å². The van der Waals surface area contributed by atoms with Gasteiger partial charge >= 0.3 is 0 Å². The zero-order valence-corrected chi connectivity index (χ0v) is 15.1. The molecule has 0 amide bonds. The Hall–Kier alpha value is -1.82. The lowest BCUT2D eigenvalue weighted by atomic mass is 10.1. The molecule has 5 heteroatoms. The lowest BCUT2D eigenvalue weighted by molar-refractivity contribution is 0.0467. The predicted molar refractivity (Wildman–Crippen MR) is 97.6 cm³/mol. The van der Waals surface area contributed by atoms with E-state index >= 15 is 0 Å². The largest absolute Gasteiger partial charge is 0.497 e. The van der Waals surface area contributed by atoms with E-state index in [4.69, 9.17) is 9.15 Å². The van der Waals surface area contributed by atoms with Crippen molar-refractivity contribution in [3.63, 3.8) is 0 Å². The number of hydrogen-bond donors (Lipinski definition) is 1. The summed E-state index contributed by atoms with van der Waals surface area (Å²) in [7, 11) is 1.70. The highest BCUT2D eigenvalue weighted by Gasteiger charge is 2.27. The molecule has 0 aliphatic carbocycles. The molecule has 5 nitrogen and oxygen atoms in total. The molecule has 0 unspecified atom stereocenters. The molecule has 1 atom stereocenters. The van der Waals surface area contributed by atoms with E-state index in [9.17, 15) is 5.11 Å². The van der Waals surface area contributed by atoms with Crippen molar-refractivity contribution in [1.29, 1.82) is 0 Å². The minimum Gasteiger partial charge on any atom is -0.497 e. The highest BCUT2D eigenvalue weighted by atomic mass is 16.5. The number of aryl methyl sites for hydroxylation is 1. The molecule has 0 bridgehead atoms. The van der Waals surface area contributed by atoms with Gasteiger partial charge in [-0.15, -0.1) is 0 Å². The summed E-state index contributed by atoms with van der Waals surface area (Å²) in [6.07, 6.45) is 0.789. The van der Waals surface area contributed by atoms with Crippen LogP contribution in [0, 0.1) is 6.92 Å². The summed E-state index contributed by atoms with van der Waals surface area (Å²) < 4.78 is 11.0. The van der Waals surface area contributed by atoms with Gasteiger partial charge in [-0.05, 0) is 43.2 Å². The molecule has 0 saturated carbocycles. The Bertz CT molecular complexity index is 670. The molecule has 1 saturated heterocycles. The Labute approximate surface area is 149 Å². The van der Waals surface area contributed by atoms with Crippen LogP contribution in [-0.4, -0.2) is 54.3 Å². The molecular weight excluding hydrogens is 316 g/mol. The maximum atomic E-state index is 9.48. The molecule has 2 heterocycles. The molecule has 1 aromatic carbocycles. The fourth-order valence-electron chi connectivity index (χ4n) is 3.53. The van der Waals surface area contributed by atoms with Crippen LogP contribution in [-0.2, 0) is 13.1 Å². The van der Waals surface area contributed by atoms with Crippen molar-refractivity contribution in [3.05, 3.63) is 53.5 Å². The van der Waals surface area contributed by atoms with Gasteiger partial charge in [0.2, 0.25) is 0 Å². The Morgan fingerprint density at radius 3 is 2.80 bits per heavy atom. The quantitative estimate of drug-likeness (QED) is 0.837. The van der Waals surface area contributed by atoms with E-state index in [2.05, 4.69) is 28.0 Å². The topological polar surface area (TPSA) is 49.1 Å². The number of benzene rings is 1. The van der Waals surface area contributed by atoms with Gasteiger partial charge in [0, 0.05) is 38.8 Å². The number of piperazine rings is 1. The van der Waals surface area contributed by atoms with Gasteiger partial charge in [-0.25, -0.2) is 0 Å². The van der Waals surface area contributed by atoms with E-state index in [0.717, 1.165) is 56.4 Å². The highest BCUT2D eigenvalue weighted by molar-refractivity contribution is 5.28. The molecule has 136 valence electrons. The molecule has 1 fully saturated rings. The Kier molecular flexibility index (Phi) is 6.13. The lowest BCUT2D eigenvalue weighted by Crippen LogP contribution is -2.52. The first-order chi connectivity index (χ1) is 12.2. The van der Waals surface area contributed by atoms with Crippen LogP contribution in [0.1, 0.15) is 23.5 Å². The van der Waals surface area contributed by atoms with Crippen molar-refractivity contribution in [2.24, 2.45) is 0 Å². The van der Waals surface area contributed by atoms with Gasteiger partial charge in [0.05, 0.1) is 13.7 Å². The molecule has 2 aromatic rings. The molecular formula is C20H28N2O3. The summed E-state index contributed by atoms with van der Waals surface area (Å²) in [6, 6.07) is 12.6. The van der Waals surface area contributed by atoms with Gasteiger partial charge in [0.15, 0.2) is 0 Å². The second-order valence-corrected chi connectivity index (χ2v) is 6.74. The summed E-state index contributed by atoms with van der Waals surface area (Å²) in [5.41, 5.74) is 1.25. The molecule has 3 rings (SSSR count). The summed E-state index contributed by atoms with van der Waals surface area (Å²) in [5.74, 6) is 2.86. The molecule has 1 aliphatic rings. The number of aliphatic hydroxyl groups is 1. The van der Waals surface area contributed by atoms with E-state index in [1.54, 1.807) is 7.11 Å². The minimum absolute atomic E-state index is 0.215. The normalized spacial score (nSPS) is 19.2. The molecule has 25 heavy (non-hydrogen) atoms. The van der Waals surface area contributed by atoms with E-state index in [-0.39, 0.29) is 6.61 Å². The number of furan rings is 1. The number of methoxy groups -OCH3 is 1. The fraction of sp³-hybridized carbons (Fsp3) is 0.500. The van der Waals surface area contributed by atoms with Crippen LogP contribution in [0.4, 0.5) is 0 Å². The minimum atomic E-state index is 0.215. The van der Waals surface area contributed by atoms with E-state index < -0.39 is 0 Å². The predicted octanol–water partition coefficient (Wildman–Crippen LogP) is 2.67. The number of rotatable bonds is 7. The summed E-state index contributed by atoms with van der Waals surface area (Å²) in [6.45, 7) is 6.85. The van der Waals surface area contributed by atoms with Crippen LogP contribution in [0.25, 0.3) is 0 Å². The molecule has 0 spiro atoms. The second kappa shape index (κ2) is 8.52. The maximum Gasteiger partial charge on any atom is 0.119 e. The monoisotopic (exact) mass is 344 g/mol. The van der Waals surface area contributed by atoms with Crippen molar-refractivity contribution >= 4 is 0 Å². The number of ether oxygens (including phenoxy) is 1. The van der Waals surface area contributed by atoms with E-state index in [1.165, 1.54) is 5.56 Å². The first-order valence-electron chi connectivity index (χ1n) is 8.93. The van der Waals surface area contributed by atoms with E-state index in [0.29, 0.717) is 6.04 Å². The van der Waals surface area contributed by atoms with Crippen molar-refractivity contribution in [2.45, 2.75) is 32.5 Å². The van der Waals surface area contributed by atoms with Crippen molar-refractivity contribution in [3.8, 4) is 5.75 Å². The average Bonchev–Trinajstić information content (AvgIpc) is 3.02. The zero-order valence-electron chi connectivity index (χ0n) is 15.1. The van der Waals surface area contributed by atoms with Crippen LogP contribution >= 0.6 is 0 Å². The van der Waals surface area contributed by atoms with Crippen LogP contribution in [0.2, 0.25) is 0 Å². The molecule has 0 radical (unpaired) electrons.